The molecule has 1 aliphatic heterocycles. The topological polar surface area (TPSA) is 41.6 Å². The minimum atomic E-state index is -2.92. The molecule has 4 nitrogen and oxygen atoms in total. The van der Waals surface area contributed by atoms with Crippen molar-refractivity contribution in [2.75, 3.05) is 18.4 Å². The van der Waals surface area contributed by atoms with Crippen LogP contribution in [-0.2, 0) is 4.79 Å². The lowest BCUT2D eigenvalue weighted by atomic mass is 10.0. The number of halogens is 3. The lowest BCUT2D eigenvalue weighted by Crippen LogP contribution is -2.44. The number of nitrogens with zero attached hydrogens (tertiary/aromatic N) is 1. The Hall–Kier alpha value is -1.56. The van der Waals surface area contributed by atoms with Crippen LogP contribution in [0.15, 0.2) is 18.2 Å². The number of carbonyl (C=O) groups is 1. The van der Waals surface area contributed by atoms with Gasteiger partial charge in [-0.1, -0.05) is 11.6 Å². The molecule has 1 N–H and O–H groups in total. The number of piperidine rings is 1. The lowest BCUT2D eigenvalue weighted by molar-refractivity contribution is -0.132. The van der Waals surface area contributed by atoms with Crippen molar-refractivity contribution in [3.05, 3.63) is 23.2 Å². The molecule has 2 rings (SSSR count). The first-order chi connectivity index (χ1) is 10.5. The molecule has 0 radical (unpaired) electrons. The van der Waals surface area contributed by atoms with Crippen LogP contribution in [0, 0.1) is 0 Å². The average Bonchev–Trinajstić information content (AvgIpc) is 2.47. The van der Waals surface area contributed by atoms with Crippen molar-refractivity contribution in [2.24, 2.45) is 0 Å². The van der Waals surface area contributed by atoms with Crippen molar-refractivity contribution in [3.8, 4) is 5.75 Å². The second-order valence-corrected chi connectivity index (χ2v) is 5.72. The van der Waals surface area contributed by atoms with E-state index in [2.05, 4.69) is 10.1 Å². The van der Waals surface area contributed by atoms with Gasteiger partial charge in [0.15, 0.2) is 0 Å². The third-order valence-electron chi connectivity index (χ3n) is 3.71. The Morgan fingerprint density at radius 2 is 2.27 bits per heavy atom. The number of likely N-dealkylation sites (tertiary alicyclic amines) is 1. The third-order valence-corrected chi connectivity index (χ3v) is 4.01. The summed E-state index contributed by atoms with van der Waals surface area (Å²) in [6.45, 7) is 0.0578. The summed E-state index contributed by atoms with van der Waals surface area (Å²) in [5, 5.41) is 3.04. The molecule has 1 aromatic rings. The zero-order chi connectivity index (χ0) is 16.1. The standard InChI is InChI=1S/C15H19ClF2N2O2/c1-10-4-2-3-7-20(10)14(21)9-19-11-5-6-13(12(16)8-11)22-15(17)18/h5-6,8,10,15,19H,2-4,7,9H2,1H3. The highest BCUT2D eigenvalue weighted by Crippen LogP contribution is 2.29. The number of nitrogens with one attached hydrogen (secondary N) is 1. The first-order valence-corrected chi connectivity index (χ1v) is 7.63. The monoisotopic (exact) mass is 332 g/mol. The van der Waals surface area contributed by atoms with E-state index in [0.717, 1.165) is 25.8 Å². The number of hydrogen-bond acceptors (Lipinski definition) is 3. The van der Waals surface area contributed by atoms with Crippen LogP contribution in [-0.4, -0.2) is 36.5 Å². The predicted molar refractivity (Wildman–Crippen MR) is 81.6 cm³/mol. The molecule has 22 heavy (non-hydrogen) atoms. The highest BCUT2D eigenvalue weighted by atomic mass is 35.5. The summed E-state index contributed by atoms with van der Waals surface area (Å²) in [4.78, 5) is 14.1. The number of benzene rings is 1. The first kappa shape index (κ1) is 16.8. The summed E-state index contributed by atoms with van der Waals surface area (Å²) in [7, 11) is 0. The van der Waals surface area contributed by atoms with Crippen LogP contribution in [0.2, 0.25) is 5.02 Å². The van der Waals surface area contributed by atoms with Gasteiger partial charge in [0.2, 0.25) is 5.91 Å². The number of hydrogen-bond donors (Lipinski definition) is 1. The molecule has 1 fully saturated rings. The predicted octanol–water partition coefficient (Wildman–Crippen LogP) is 3.75. The Morgan fingerprint density at radius 1 is 1.50 bits per heavy atom. The number of rotatable bonds is 5. The van der Waals surface area contributed by atoms with Crippen LogP contribution in [0.5, 0.6) is 5.75 Å². The lowest BCUT2D eigenvalue weighted by Gasteiger charge is -2.33. The maximum absolute atomic E-state index is 12.2. The normalized spacial score (nSPS) is 18.4. The molecule has 122 valence electrons. The van der Waals surface area contributed by atoms with Crippen LogP contribution >= 0.6 is 11.6 Å². The Kier molecular flexibility index (Phi) is 5.83. The minimum absolute atomic E-state index is 0.0243. The molecule has 1 aromatic carbocycles. The third kappa shape index (κ3) is 4.47. The summed E-state index contributed by atoms with van der Waals surface area (Å²) in [5.74, 6) is -0.0607. The van der Waals surface area contributed by atoms with Crippen molar-refractivity contribution < 1.29 is 18.3 Å². The maximum atomic E-state index is 12.2. The van der Waals surface area contributed by atoms with Gasteiger partial charge in [-0.3, -0.25) is 4.79 Å². The van der Waals surface area contributed by atoms with E-state index in [0.29, 0.717) is 5.69 Å². The van der Waals surface area contributed by atoms with Crippen molar-refractivity contribution >= 4 is 23.2 Å². The van der Waals surface area contributed by atoms with Gasteiger partial charge in [-0.2, -0.15) is 8.78 Å². The van der Waals surface area contributed by atoms with Crippen LogP contribution in [0.1, 0.15) is 26.2 Å². The number of amides is 1. The molecule has 0 aromatic heterocycles. The van der Waals surface area contributed by atoms with Gasteiger partial charge in [0, 0.05) is 18.3 Å². The van der Waals surface area contributed by atoms with Gasteiger partial charge in [0.05, 0.1) is 11.6 Å². The van der Waals surface area contributed by atoms with E-state index >= 15 is 0 Å². The molecular weight excluding hydrogens is 314 g/mol. The first-order valence-electron chi connectivity index (χ1n) is 7.25. The molecule has 7 heteroatoms. The molecule has 1 aliphatic rings. The average molecular weight is 333 g/mol. The number of ether oxygens (including phenoxy) is 1. The zero-order valence-corrected chi connectivity index (χ0v) is 13.1. The minimum Gasteiger partial charge on any atom is -0.433 e. The largest absolute Gasteiger partial charge is 0.433 e. The molecule has 1 atom stereocenters. The Labute approximate surface area is 133 Å². The van der Waals surface area contributed by atoms with Crippen molar-refractivity contribution in [3.63, 3.8) is 0 Å². The molecule has 1 saturated heterocycles. The molecule has 0 saturated carbocycles. The summed E-state index contributed by atoms with van der Waals surface area (Å²) in [6, 6.07) is 4.63. The van der Waals surface area contributed by atoms with Gasteiger partial charge in [-0.25, -0.2) is 0 Å². The fourth-order valence-electron chi connectivity index (χ4n) is 2.55. The van der Waals surface area contributed by atoms with Gasteiger partial charge >= 0.3 is 6.61 Å². The smallest absolute Gasteiger partial charge is 0.387 e. The van der Waals surface area contributed by atoms with Crippen LogP contribution in [0.25, 0.3) is 0 Å². The number of alkyl halides is 2. The van der Waals surface area contributed by atoms with E-state index < -0.39 is 6.61 Å². The van der Waals surface area contributed by atoms with Crippen LogP contribution in [0.4, 0.5) is 14.5 Å². The second kappa shape index (κ2) is 7.63. The Balaban J connectivity index is 1.91. The fourth-order valence-corrected chi connectivity index (χ4v) is 2.78. The summed E-state index contributed by atoms with van der Waals surface area (Å²) >= 11 is 5.87. The molecular formula is C15H19ClF2N2O2. The van der Waals surface area contributed by atoms with Gasteiger partial charge in [-0.15, -0.1) is 0 Å². The SMILES string of the molecule is CC1CCCCN1C(=O)CNc1ccc(OC(F)F)c(Cl)c1. The fraction of sp³-hybridized carbons (Fsp3) is 0.533. The van der Waals surface area contributed by atoms with Gasteiger partial charge in [-0.05, 0) is 44.4 Å². The molecule has 1 heterocycles. The molecule has 1 amide bonds. The van der Waals surface area contributed by atoms with E-state index in [1.54, 1.807) is 6.07 Å². The van der Waals surface area contributed by atoms with Crippen LogP contribution in [0.3, 0.4) is 0 Å². The molecule has 0 spiro atoms. The summed E-state index contributed by atoms with van der Waals surface area (Å²) in [5.41, 5.74) is 0.588. The van der Waals surface area contributed by atoms with Crippen LogP contribution < -0.4 is 10.1 Å². The van der Waals surface area contributed by atoms with E-state index in [1.807, 2.05) is 11.8 Å². The number of carbonyl (C=O) groups excluding carboxylic acids is 1. The zero-order valence-electron chi connectivity index (χ0n) is 12.3. The molecule has 0 aliphatic carbocycles. The number of anilines is 1. The molecule has 1 unspecified atom stereocenters. The molecule has 0 bridgehead atoms. The maximum Gasteiger partial charge on any atom is 0.387 e. The van der Waals surface area contributed by atoms with Crippen molar-refractivity contribution in [1.82, 2.24) is 4.90 Å². The quantitative estimate of drug-likeness (QED) is 0.892. The van der Waals surface area contributed by atoms with Gasteiger partial charge in [0.25, 0.3) is 0 Å². The van der Waals surface area contributed by atoms with Gasteiger partial charge in [0.1, 0.15) is 5.75 Å². The van der Waals surface area contributed by atoms with E-state index in [4.69, 9.17) is 11.6 Å². The Bertz CT molecular complexity index is 528. The van der Waals surface area contributed by atoms with E-state index in [-0.39, 0.29) is 29.3 Å². The van der Waals surface area contributed by atoms with E-state index in [1.165, 1.54) is 12.1 Å². The van der Waals surface area contributed by atoms with Crippen molar-refractivity contribution in [2.45, 2.75) is 38.8 Å². The summed E-state index contributed by atoms with van der Waals surface area (Å²) < 4.78 is 28.6. The highest BCUT2D eigenvalue weighted by molar-refractivity contribution is 6.32. The van der Waals surface area contributed by atoms with Crippen molar-refractivity contribution in [1.29, 1.82) is 0 Å². The van der Waals surface area contributed by atoms with E-state index in [9.17, 15) is 13.6 Å². The summed E-state index contributed by atoms with van der Waals surface area (Å²) in [6.07, 6.45) is 3.21. The van der Waals surface area contributed by atoms with Gasteiger partial charge < -0.3 is 15.0 Å². The second-order valence-electron chi connectivity index (χ2n) is 5.31. The Morgan fingerprint density at radius 3 is 2.91 bits per heavy atom. The highest BCUT2D eigenvalue weighted by Gasteiger charge is 2.22.